The van der Waals surface area contributed by atoms with Crippen molar-refractivity contribution in [1.82, 2.24) is 20.1 Å². The molecular weight excluding hydrogens is 280 g/mol. The number of aryl methyl sites for hydroxylation is 2. The largest absolute Gasteiger partial charge is 0.438 e. The van der Waals surface area contributed by atoms with E-state index in [1.54, 1.807) is 10.7 Å². The number of hydrogen-bond acceptors (Lipinski definition) is 4. The van der Waals surface area contributed by atoms with Crippen molar-refractivity contribution in [3.63, 3.8) is 0 Å². The van der Waals surface area contributed by atoms with E-state index in [1.807, 2.05) is 45.0 Å². The van der Waals surface area contributed by atoms with Gasteiger partial charge in [-0.25, -0.2) is 4.98 Å². The van der Waals surface area contributed by atoms with Crippen LogP contribution in [0, 0.1) is 6.92 Å². The van der Waals surface area contributed by atoms with Crippen LogP contribution in [0.1, 0.15) is 42.0 Å². The number of carbonyl (C=O) groups excluding carboxylic acids is 1. The predicted molar refractivity (Wildman–Crippen MR) is 82.5 cm³/mol. The molecule has 0 saturated heterocycles. The average Bonchev–Trinajstić information content (AvgIpc) is 3.10. The predicted octanol–water partition coefficient (Wildman–Crippen LogP) is 2.84. The Kier molecular flexibility index (Phi) is 3.66. The molecule has 2 heterocycles. The number of nitrogens with zero attached hydrogens (tertiary/aromatic N) is 3. The molecule has 114 valence electrons. The molecule has 0 aliphatic carbocycles. The Morgan fingerprint density at radius 3 is 2.91 bits per heavy atom. The van der Waals surface area contributed by atoms with Gasteiger partial charge in [0.2, 0.25) is 5.89 Å². The summed E-state index contributed by atoms with van der Waals surface area (Å²) in [7, 11) is 0. The van der Waals surface area contributed by atoms with Crippen molar-refractivity contribution in [2.24, 2.45) is 0 Å². The van der Waals surface area contributed by atoms with Crippen LogP contribution in [0.5, 0.6) is 0 Å². The van der Waals surface area contributed by atoms with Crippen molar-refractivity contribution in [2.45, 2.75) is 33.4 Å². The molecule has 0 radical (unpaired) electrons. The molecule has 0 aliphatic rings. The first-order valence-electron chi connectivity index (χ1n) is 7.29. The Balaban J connectivity index is 1.80. The molecule has 2 aromatic heterocycles. The first kappa shape index (κ1) is 14.3. The molecular formula is C16H18N4O2. The molecule has 6 nitrogen and oxygen atoms in total. The zero-order valence-electron chi connectivity index (χ0n) is 12.8. The first-order chi connectivity index (χ1) is 10.6. The molecule has 0 fully saturated rings. The van der Waals surface area contributed by atoms with Gasteiger partial charge in [-0.3, -0.25) is 9.48 Å². The van der Waals surface area contributed by atoms with E-state index in [9.17, 15) is 4.79 Å². The Morgan fingerprint density at radius 1 is 1.41 bits per heavy atom. The van der Waals surface area contributed by atoms with Gasteiger partial charge >= 0.3 is 0 Å². The molecule has 1 N–H and O–H groups in total. The highest BCUT2D eigenvalue weighted by atomic mass is 16.3. The fraction of sp³-hybridized carbons (Fsp3) is 0.312. The fourth-order valence-corrected chi connectivity index (χ4v) is 2.38. The minimum absolute atomic E-state index is 0.183. The number of oxazole rings is 1. The van der Waals surface area contributed by atoms with Gasteiger partial charge in [0.05, 0.1) is 5.69 Å². The minimum Gasteiger partial charge on any atom is -0.438 e. The molecule has 1 aromatic carbocycles. The lowest BCUT2D eigenvalue weighted by molar-refractivity contribution is 0.0923. The molecule has 1 unspecified atom stereocenters. The smallest absolute Gasteiger partial charge is 0.270 e. The molecule has 0 saturated carbocycles. The Labute approximate surface area is 128 Å². The second-order valence-electron chi connectivity index (χ2n) is 5.20. The summed E-state index contributed by atoms with van der Waals surface area (Å²) < 4.78 is 7.36. The number of benzene rings is 1. The van der Waals surface area contributed by atoms with Crippen LogP contribution < -0.4 is 5.32 Å². The topological polar surface area (TPSA) is 73.0 Å². The van der Waals surface area contributed by atoms with E-state index in [0.29, 0.717) is 23.7 Å². The lowest BCUT2D eigenvalue weighted by Gasteiger charge is -2.10. The van der Waals surface area contributed by atoms with Crippen LogP contribution in [0.2, 0.25) is 0 Å². The minimum atomic E-state index is -0.319. The van der Waals surface area contributed by atoms with Crippen LogP contribution in [0.15, 0.2) is 34.7 Å². The summed E-state index contributed by atoms with van der Waals surface area (Å²) in [5, 5.41) is 7.19. The van der Waals surface area contributed by atoms with E-state index >= 15 is 0 Å². The van der Waals surface area contributed by atoms with Crippen molar-refractivity contribution < 1.29 is 9.21 Å². The summed E-state index contributed by atoms with van der Waals surface area (Å²) in [6, 6.07) is 8.99. The standard InChI is InChI=1S/C16H18N4O2/c1-4-20-13(9-10(2)19-20)15(21)17-11(3)16-18-12-7-5-6-8-14(12)22-16/h5-9,11H,4H2,1-3H3,(H,17,21). The summed E-state index contributed by atoms with van der Waals surface area (Å²) in [5.41, 5.74) is 2.87. The second-order valence-corrected chi connectivity index (χ2v) is 5.20. The van der Waals surface area contributed by atoms with Crippen LogP contribution in [-0.4, -0.2) is 20.7 Å². The summed E-state index contributed by atoms with van der Waals surface area (Å²) in [4.78, 5) is 16.8. The number of fused-ring (bicyclic) bond motifs is 1. The first-order valence-corrected chi connectivity index (χ1v) is 7.29. The van der Waals surface area contributed by atoms with Gasteiger partial charge in [-0.05, 0) is 39.0 Å². The van der Waals surface area contributed by atoms with Crippen LogP contribution in [-0.2, 0) is 6.54 Å². The van der Waals surface area contributed by atoms with Gasteiger partial charge in [0.1, 0.15) is 17.3 Å². The maximum absolute atomic E-state index is 12.4. The van der Waals surface area contributed by atoms with E-state index < -0.39 is 0 Å². The Hall–Kier alpha value is -2.63. The second kappa shape index (κ2) is 5.63. The summed E-state index contributed by atoms with van der Waals surface area (Å²) >= 11 is 0. The lowest BCUT2D eigenvalue weighted by atomic mass is 10.3. The molecule has 6 heteroatoms. The number of hydrogen-bond donors (Lipinski definition) is 1. The Bertz CT molecular complexity index is 786. The number of nitrogens with one attached hydrogen (secondary N) is 1. The highest BCUT2D eigenvalue weighted by Gasteiger charge is 2.19. The Morgan fingerprint density at radius 2 is 2.18 bits per heavy atom. The van der Waals surface area contributed by atoms with E-state index in [2.05, 4.69) is 15.4 Å². The summed E-state index contributed by atoms with van der Waals surface area (Å²) in [5.74, 6) is 0.311. The lowest BCUT2D eigenvalue weighted by Crippen LogP contribution is -2.29. The van der Waals surface area contributed by atoms with Crippen molar-refractivity contribution >= 4 is 17.0 Å². The zero-order valence-corrected chi connectivity index (χ0v) is 12.8. The van der Waals surface area contributed by atoms with E-state index in [-0.39, 0.29) is 11.9 Å². The monoisotopic (exact) mass is 298 g/mol. The number of rotatable bonds is 4. The molecule has 0 bridgehead atoms. The third kappa shape index (κ3) is 2.59. The van der Waals surface area contributed by atoms with Crippen molar-refractivity contribution in [3.05, 3.63) is 47.6 Å². The maximum atomic E-state index is 12.4. The van der Waals surface area contributed by atoms with Gasteiger partial charge in [0.25, 0.3) is 5.91 Å². The van der Waals surface area contributed by atoms with Crippen LogP contribution in [0.4, 0.5) is 0 Å². The third-order valence-corrected chi connectivity index (χ3v) is 3.46. The van der Waals surface area contributed by atoms with Crippen molar-refractivity contribution in [1.29, 1.82) is 0 Å². The fourth-order valence-electron chi connectivity index (χ4n) is 2.38. The van der Waals surface area contributed by atoms with E-state index in [0.717, 1.165) is 11.2 Å². The maximum Gasteiger partial charge on any atom is 0.270 e. The van der Waals surface area contributed by atoms with Crippen molar-refractivity contribution in [2.75, 3.05) is 0 Å². The van der Waals surface area contributed by atoms with Crippen LogP contribution >= 0.6 is 0 Å². The molecule has 22 heavy (non-hydrogen) atoms. The number of amides is 1. The molecule has 3 aromatic rings. The normalized spacial score (nSPS) is 12.5. The van der Waals surface area contributed by atoms with Gasteiger partial charge in [-0.1, -0.05) is 12.1 Å². The van der Waals surface area contributed by atoms with Gasteiger partial charge in [-0.2, -0.15) is 5.10 Å². The molecule has 0 aliphatic heterocycles. The van der Waals surface area contributed by atoms with Gasteiger partial charge in [0.15, 0.2) is 5.58 Å². The van der Waals surface area contributed by atoms with Crippen LogP contribution in [0.25, 0.3) is 11.1 Å². The van der Waals surface area contributed by atoms with E-state index in [1.165, 1.54) is 0 Å². The van der Waals surface area contributed by atoms with Crippen molar-refractivity contribution in [3.8, 4) is 0 Å². The number of aromatic nitrogens is 3. The molecule has 1 amide bonds. The highest BCUT2D eigenvalue weighted by Crippen LogP contribution is 2.20. The number of para-hydroxylation sites is 2. The average molecular weight is 298 g/mol. The van der Waals surface area contributed by atoms with E-state index in [4.69, 9.17) is 4.42 Å². The molecule has 3 rings (SSSR count). The molecule has 1 atom stereocenters. The van der Waals surface area contributed by atoms with Gasteiger partial charge in [0, 0.05) is 6.54 Å². The SMILES string of the molecule is CCn1nc(C)cc1C(=O)NC(C)c1nc2ccccc2o1. The summed E-state index contributed by atoms with van der Waals surface area (Å²) in [6.45, 7) is 6.32. The molecule has 0 spiro atoms. The van der Waals surface area contributed by atoms with Gasteiger partial charge in [-0.15, -0.1) is 0 Å². The number of carbonyl (C=O) groups is 1. The highest BCUT2D eigenvalue weighted by molar-refractivity contribution is 5.92. The quantitative estimate of drug-likeness (QED) is 0.804. The zero-order chi connectivity index (χ0) is 15.7. The van der Waals surface area contributed by atoms with Gasteiger partial charge < -0.3 is 9.73 Å². The summed E-state index contributed by atoms with van der Waals surface area (Å²) in [6.07, 6.45) is 0. The third-order valence-electron chi connectivity index (χ3n) is 3.46. The van der Waals surface area contributed by atoms with Crippen LogP contribution in [0.3, 0.4) is 0 Å².